The summed E-state index contributed by atoms with van der Waals surface area (Å²) < 4.78 is 58.2. The van der Waals surface area contributed by atoms with E-state index in [-0.39, 0.29) is 29.2 Å². The molecule has 0 spiro atoms. The van der Waals surface area contributed by atoms with Gasteiger partial charge in [0, 0.05) is 38.6 Å². The van der Waals surface area contributed by atoms with Crippen LogP contribution in [0.3, 0.4) is 0 Å². The van der Waals surface area contributed by atoms with Crippen molar-refractivity contribution in [2.45, 2.75) is 96.6 Å². The van der Waals surface area contributed by atoms with E-state index in [0.29, 0.717) is 83.1 Å². The molecule has 2 aliphatic heterocycles. The van der Waals surface area contributed by atoms with Gasteiger partial charge in [0.2, 0.25) is 17.7 Å². The van der Waals surface area contributed by atoms with Gasteiger partial charge in [0.05, 0.1) is 45.6 Å². The van der Waals surface area contributed by atoms with Gasteiger partial charge in [0.25, 0.3) is 5.91 Å². The van der Waals surface area contributed by atoms with E-state index in [1.54, 1.807) is 65.3 Å². The van der Waals surface area contributed by atoms with Crippen molar-refractivity contribution in [3.05, 3.63) is 94.6 Å². The number of thiazole rings is 1. The number of aromatic nitrogens is 1. The van der Waals surface area contributed by atoms with Crippen LogP contribution in [-0.2, 0) is 41.4 Å². The number of hydrogen-bond donors (Lipinski definition) is 2. The van der Waals surface area contributed by atoms with Crippen molar-refractivity contribution >= 4 is 63.7 Å². The fraction of sp³-hybridized carbons (Fsp3) is 0.438. The molecule has 2 atom stereocenters. The number of benzene rings is 3. The first-order valence-electron chi connectivity index (χ1n) is 22.1. The van der Waals surface area contributed by atoms with E-state index in [1.165, 1.54) is 6.07 Å². The number of hydrogen-bond acceptors (Lipinski definition) is 11. The van der Waals surface area contributed by atoms with Crippen LogP contribution in [0.1, 0.15) is 81.7 Å². The lowest BCUT2D eigenvalue weighted by molar-refractivity contribution is -0.142. The Bertz CT molecular complexity index is 2440. The molecule has 14 nitrogen and oxygen atoms in total. The SMILES string of the molecule is CC[C@H](NC(=O)COCCCOCCCCOc1ccc(N2C(=S)N(c3ccc(C#N)c(C(F)(F)F)c3)C(=O)C2(C)C)cc1)C(=O)N1CCC[C@H]1C(=O)NCc1ccc(-c2scnc2C)cc1. The molecule has 67 heavy (non-hydrogen) atoms. The van der Waals surface area contributed by atoms with Crippen LogP contribution in [0.2, 0.25) is 0 Å². The fourth-order valence-corrected chi connectivity index (χ4v) is 9.25. The first-order chi connectivity index (χ1) is 32.0. The van der Waals surface area contributed by atoms with E-state index in [4.69, 9.17) is 26.4 Å². The summed E-state index contributed by atoms with van der Waals surface area (Å²) in [4.78, 5) is 62.5. The number of alkyl halides is 3. The molecular weight excluding hydrogens is 908 g/mol. The molecule has 0 unspecified atom stereocenters. The lowest BCUT2D eigenvalue weighted by Gasteiger charge is -2.29. The van der Waals surface area contributed by atoms with Crippen LogP contribution in [0.25, 0.3) is 10.4 Å². The Morgan fingerprint density at radius 3 is 2.34 bits per heavy atom. The van der Waals surface area contributed by atoms with Gasteiger partial charge in [0.1, 0.15) is 30.0 Å². The zero-order valence-electron chi connectivity index (χ0n) is 37.8. The minimum absolute atomic E-state index is 0.000613. The van der Waals surface area contributed by atoms with Gasteiger partial charge in [-0.1, -0.05) is 31.2 Å². The highest BCUT2D eigenvalue weighted by atomic mass is 32.1. The summed E-state index contributed by atoms with van der Waals surface area (Å²) in [5.41, 5.74) is 2.36. The van der Waals surface area contributed by atoms with Crippen LogP contribution >= 0.6 is 23.6 Å². The van der Waals surface area contributed by atoms with Crippen molar-refractivity contribution in [1.29, 1.82) is 5.26 Å². The third kappa shape index (κ3) is 12.3. The Kier molecular flexibility index (Phi) is 17.1. The molecule has 3 heterocycles. The first kappa shape index (κ1) is 50.5. The van der Waals surface area contributed by atoms with Gasteiger partial charge < -0.3 is 34.6 Å². The van der Waals surface area contributed by atoms with Crippen molar-refractivity contribution in [2.75, 3.05) is 49.4 Å². The minimum Gasteiger partial charge on any atom is -0.494 e. The van der Waals surface area contributed by atoms with E-state index in [1.807, 2.05) is 43.6 Å². The van der Waals surface area contributed by atoms with Crippen LogP contribution in [0.5, 0.6) is 5.75 Å². The quantitative estimate of drug-likeness (QED) is 0.0621. The highest BCUT2D eigenvalue weighted by Crippen LogP contribution is 2.40. The average molecular weight is 962 g/mol. The Labute approximate surface area is 397 Å². The van der Waals surface area contributed by atoms with Crippen molar-refractivity contribution in [3.8, 4) is 22.3 Å². The number of nitrogens with one attached hydrogen (secondary N) is 2. The minimum atomic E-state index is -4.80. The van der Waals surface area contributed by atoms with Gasteiger partial charge in [-0.05, 0) is 125 Å². The number of unbranched alkanes of at least 4 members (excludes halogenated alkanes) is 1. The van der Waals surface area contributed by atoms with Gasteiger partial charge in [-0.15, -0.1) is 11.3 Å². The van der Waals surface area contributed by atoms with E-state index >= 15 is 0 Å². The summed E-state index contributed by atoms with van der Waals surface area (Å²) in [5, 5.41) is 14.9. The van der Waals surface area contributed by atoms with E-state index in [9.17, 15) is 37.6 Å². The van der Waals surface area contributed by atoms with Crippen LogP contribution < -0.4 is 25.2 Å². The molecule has 0 radical (unpaired) electrons. The Morgan fingerprint density at radius 2 is 1.67 bits per heavy atom. The maximum atomic E-state index is 13.7. The molecular formula is C48H54F3N7O7S2. The third-order valence-electron chi connectivity index (χ3n) is 11.5. The lowest BCUT2D eigenvalue weighted by Crippen LogP contribution is -2.53. The van der Waals surface area contributed by atoms with Crippen LogP contribution in [0, 0.1) is 18.3 Å². The molecule has 3 aromatic carbocycles. The van der Waals surface area contributed by atoms with Crippen LogP contribution in [0.4, 0.5) is 24.5 Å². The number of likely N-dealkylation sites (tertiary alicyclic amines) is 1. The lowest BCUT2D eigenvalue weighted by atomic mass is 10.0. The number of amides is 4. The molecule has 2 aliphatic rings. The van der Waals surface area contributed by atoms with Gasteiger partial charge in [-0.3, -0.25) is 24.1 Å². The molecule has 0 saturated carbocycles. The van der Waals surface area contributed by atoms with Gasteiger partial charge in [-0.2, -0.15) is 18.4 Å². The van der Waals surface area contributed by atoms with Crippen LogP contribution in [0.15, 0.2) is 72.2 Å². The summed E-state index contributed by atoms with van der Waals surface area (Å²) in [7, 11) is 0. The second kappa shape index (κ2) is 22.7. The number of aryl methyl sites for hydroxylation is 1. The summed E-state index contributed by atoms with van der Waals surface area (Å²) in [5.74, 6) is -0.857. The number of halogens is 3. The topological polar surface area (TPSA) is 166 Å². The summed E-state index contributed by atoms with van der Waals surface area (Å²) in [6, 6.07) is 18.1. The second-order valence-corrected chi connectivity index (χ2v) is 17.8. The molecule has 0 bridgehead atoms. The normalized spacial score (nSPS) is 16.3. The average Bonchev–Trinajstić information content (AvgIpc) is 4.02. The van der Waals surface area contributed by atoms with E-state index in [0.717, 1.165) is 45.2 Å². The largest absolute Gasteiger partial charge is 0.494 e. The number of nitriles is 1. The highest BCUT2D eigenvalue weighted by Gasteiger charge is 2.51. The Morgan fingerprint density at radius 1 is 0.985 bits per heavy atom. The van der Waals surface area contributed by atoms with Crippen molar-refractivity contribution < 1.29 is 46.6 Å². The van der Waals surface area contributed by atoms with Gasteiger partial charge in [0.15, 0.2) is 5.11 Å². The second-order valence-electron chi connectivity index (χ2n) is 16.6. The summed E-state index contributed by atoms with van der Waals surface area (Å²) in [6.45, 7) is 9.24. The van der Waals surface area contributed by atoms with Crippen molar-refractivity contribution in [2.24, 2.45) is 0 Å². The zero-order valence-corrected chi connectivity index (χ0v) is 39.5. The molecule has 4 amide bonds. The predicted molar refractivity (Wildman–Crippen MR) is 251 cm³/mol. The fourth-order valence-electron chi connectivity index (χ4n) is 7.91. The number of carbonyl (C=O) groups is 4. The molecule has 19 heteroatoms. The molecule has 0 aliphatic carbocycles. The molecule has 356 valence electrons. The number of carbonyl (C=O) groups excluding carboxylic acids is 4. The van der Waals surface area contributed by atoms with Crippen LogP contribution in [-0.4, -0.2) is 95.8 Å². The molecule has 1 aromatic heterocycles. The smallest absolute Gasteiger partial charge is 0.417 e. The summed E-state index contributed by atoms with van der Waals surface area (Å²) in [6.07, 6.45) is -1.18. The molecule has 6 rings (SSSR count). The molecule has 2 N–H and O–H groups in total. The number of thiocarbonyl (C=S) groups is 1. The number of nitrogens with zero attached hydrogens (tertiary/aromatic N) is 5. The first-order valence-corrected chi connectivity index (χ1v) is 23.4. The standard InChI is InChI=1S/C48H54F3N7O7S2/c1-5-39(44(61)56-21-8-10-40(56)43(60)53-28-32-11-13-33(14-12-32)42-31(2)54-30-67-42)55-41(59)29-64-24-9-23-63-22-6-7-25-65-37-19-17-35(18-20-37)58-46(66)57(45(62)47(58,3)4)36-16-15-34(27-52)38(26-36)48(49,50)51/h11-20,26,30,39-40H,5-10,21-25,28-29H2,1-4H3,(H,53,60)(H,55,59)/t39-,40-/m0/s1. The molecule has 4 aromatic rings. The summed E-state index contributed by atoms with van der Waals surface area (Å²) >= 11 is 7.20. The zero-order chi connectivity index (χ0) is 48.3. The number of anilines is 2. The number of rotatable bonds is 21. The molecule has 2 fully saturated rings. The Hall–Kier alpha value is -5.94. The van der Waals surface area contributed by atoms with Crippen molar-refractivity contribution in [3.63, 3.8) is 0 Å². The van der Waals surface area contributed by atoms with Gasteiger partial charge in [-0.25, -0.2) is 4.98 Å². The predicted octanol–water partition coefficient (Wildman–Crippen LogP) is 7.71. The van der Waals surface area contributed by atoms with E-state index < -0.39 is 46.7 Å². The highest BCUT2D eigenvalue weighted by molar-refractivity contribution is 7.81. The maximum absolute atomic E-state index is 13.7. The van der Waals surface area contributed by atoms with Crippen molar-refractivity contribution in [1.82, 2.24) is 20.5 Å². The number of ether oxygens (including phenoxy) is 3. The monoisotopic (exact) mass is 961 g/mol. The van der Waals surface area contributed by atoms with Gasteiger partial charge >= 0.3 is 6.18 Å². The van der Waals surface area contributed by atoms with E-state index in [2.05, 4.69) is 15.6 Å². The maximum Gasteiger partial charge on any atom is 0.417 e. The third-order valence-corrected chi connectivity index (χ3v) is 12.9. The molecule has 2 saturated heterocycles. The Balaban J connectivity index is 0.833.